The molecule has 0 amide bonds. The second kappa shape index (κ2) is 4.57. The van der Waals surface area contributed by atoms with Crippen molar-refractivity contribution in [2.24, 2.45) is 0 Å². The summed E-state index contributed by atoms with van der Waals surface area (Å²) in [6, 6.07) is 1.36. The first-order chi connectivity index (χ1) is 8.95. The summed E-state index contributed by atoms with van der Waals surface area (Å²) < 4.78 is 6.34. The Hall–Kier alpha value is -2.62. The molecule has 0 spiro atoms. The van der Waals surface area contributed by atoms with Crippen molar-refractivity contribution in [1.29, 1.82) is 5.26 Å². The molecule has 0 aliphatic carbocycles. The van der Waals surface area contributed by atoms with E-state index in [-0.39, 0.29) is 11.6 Å². The van der Waals surface area contributed by atoms with Gasteiger partial charge in [0.05, 0.1) is 11.7 Å². The monoisotopic (exact) mass is 260 g/mol. The lowest BCUT2D eigenvalue weighted by molar-refractivity contribution is 0.390. The summed E-state index contributed by atoms with van der Waals surface area (Å²) in [4.78, 5) is 25.3. The van der Waals surface area contributed by atoms with Gasteiger partial charge in [-0.1, -0.05) is 5.16 Å². The Kier molecular flexibility index (Phi) is 3.09. The molecule has 1 N–H and O–H groups in total. The van der Waals surface area contributed by atoms with E-state index in [1.165, 1.54) is 10.8 Å². The molecule has 98 valence electrons. The zero-order chi connectivity index (χ0) is 14.2. The molecule has 2 heterocycles. The van der Waals surface area contributed by atoms with Crippen LogP contribution in [0.15, 0.2) is 20.3 Å². The number of nitriles is 1. The molecule has 0 bridgehead atoms. The zero-order valence-corrected chi connectivity index (χ0v) is 10.7. The van der Waals surface area contributed by atoms with Crippen LogP contribution in [0, 0.1) is 25.2 Å². The van der Waals surface area contributed by atoms with Crippen LogP contribution in [0.3, 0.4) is 0 Å². The summed E-state index contributed by atoms with van der Waals surface area (Å²) >= 11 is 0. The second-order valence-corrected chi connectivity index (χ2v) is 4.23. The van der Waals surface area contributed by atoms with Gasteiger partial charge in [-0.2, -0.15) is 5.26 Å². The molecule has 0 aliphatic heterocycles. The molecular formula is C12H12N4O3. The first-order valence-corrected chi connectivity index (χ1v) is 5.64. The van der Waals surface area contributed by atoms with Crippen molar-refractivity contribution in [3.05, 3.63) is 49.6 Å². The van der Waals surface area contributed by atoms with Gasteiger partial charge >= 0.3 is 5.69 Å². The van der Waals surface area contributed by atoms with Gasteiger partial charge in [0.25, 0.3) is 5.56 Å². The molecule has 1 atom stereocenters. The standard InChI is InChI=1S/C12H12N4O3/c1-6-10(8(3)19-15-6)7(2)16-5-9(4-13)11(17)14-12(16)18/h5,7H,1-3H3,(H,14,17,18). The van der Waals surface area contributed by atoms with E-state index < -0.39 is 11.2 Å². The third-order valence-corrected chi connectivity index (χ3v) is 3.01. The van der Waals surface area contributed by atoms with E-state index >= 15 is 0 Å². The van der Waals surface area contributed by atoms with Crippen LogP contribution in [-0.4, -0.2) is 14.7 Å². The quantitative estimate of drug-likeness (QED) is 0.852. The Morgan fingerprint density at radius 2 is 2.16 bits per heavy atom. The molecule has 1 unspecified atom stereocenters. The lowest BCUT2D eigenvalue weighted by atomic mass is 10.1. The van der Waals surface area contributed by atoms with Crippen molar-refractivity contribution in [3.8, 4) is 6.07 Å². The van der Waals surface area contributed by atoms with E-state index in [1.807, 2.05) is 0 Å². The third kappa shape index (κ3) is 2.08. The first kappa shape index (κ1) is 12.8. The van der Waals surface area contributed by atoms with Gasteiger partial charge in [-0.3, -0.25) is 14.3 Å². The van der Waals surface area contributed by atoms with Crippen LogP contribution in [-0.2, 0) is 0 Å². The first-order valence-electron chi connectivity index (χ1n) is 5.64. The van der Waals surface area contributed by atoms with Gasteiger partial charge < -0.3 is 4.52 Å². The molecule has 2 aromatic heterocycles. The average molecular weight is 260 g/mol. The Balaban J connectivity index is 2.64. The van der Waals surface area contributed by atoms with Crippen LogP contribution >= 0.6 is 0 Å². The topological polar surface area (TPSA) is 105 Å². The maximum atomic E-state index is 11.8. The number of H-pyrrole nitrogens is 1. The van der Waals surface area contributed by atoms with Crippen LogP contribution < -0.4 is 11.2 Å². The van der Waals surface area contributed by atoms with Gasteiger partial charge in [0, 0.05) is 11.8 Å². The van der Waals surface area contributed by atoms with Gasteiger partial charge in [-0.05, 0) is 20.8 Å². The molecule has 2 aromatic rings. The number of aromatic nitrogens is 3. The lowest BCUT2D eigenvalue weighted by Crippen LogP contribution is -2.33. The predicted molar refractivity (Wildman–Crippen MR) is 65.8 cm³/mol. The Morgan fingerprint density at radius 1 is 1.47 bits per heavy atom. The largest absolute Gasteiger partial charge is 0.361 e. The molecule has 0 saturated carbocycles. The highest BCUT2D eigenvalue weighted by Gasteiger charge is 2.19. The van der Waals surface area contributed by atoms with E-state index in [2.05, 4.69) is 10.1 Å². The average Bonchev–Trinajstić information content (AvgIpc) is 2.68. The highest BCUT2D eigenvalue weighted by molar-refractivity contribution is 5.27. The van der Waals surface area contributed by atoms with Crippen LogP contribution in [0.5, 0.6) is 0 Å². The van der Waals surface area contributed by atoms with Crippen LogP contribution in [0.25, 0.3) is 0 Å². The Morgan fingerprint density at radius 3 is 2.68 bits per heavy atom. The number of nitrogens with one attached hydrogen (secondary N) is 1. The van der Waals surface area contributed by atoms with Gasteiger partial charge in [0.2, 0.25) is 0 Å². The number of hydrogen-bond donors (Lipinski definition) is 1. The summed E-state index contributed by atoms with van der Waals surface area (Å²) in [6.45, 7) is 5.28. The van der Waals surface area contributed by atoms with Crippen molar-refractivity contribution in [1.82, 2.24) is 14.7 Å². The number of hydrogen-bond acceptors (Lipinski definition) is 5. The van der Waals surface area contributed by atoms with E-state index in [4.69, 9.17) is 9.78 Å². The molecule has 0 fully saturated rings. The highest BCUT2D eigenvalue weighted by Crippen LogP contribution is 2.23. The van der Waals surface area contributed by atoms with Crippen molar-refractivity contribution in [3.63, 3.8) is 0 Å². The predicted octanol–water partition coefficient (Wildman–Crippen LogP) is 0.622. The molecule has 0 aromatic carbocycles. The minimum Gasteiger partial charge on any atom is -0.361 e. The van der Waals surface area contributed by atoms with Gasteiger partial charge in [0.1, 0.15) is 17.4 Å². The smallest absolute Gasteiger partial charge is 0.328 e. The molecule has 7 nitrogen and oxygen atoms in total. The van der Waals surface area contributed by atoms with Gasteiger partial charge in [0.15, 0.2) is 0 Å². The minimum atomic E-state index is -0.685. The molecular weight excluding hydrogens is 248 g/mol. The van der Waals surface area contributed by atoms with E-state index in [0.29, 0.717) is 11.5 Å². The molecule has 2 rings (SSSR count). The number of aryl methyl sites for hydroxylation is 2. The normalized spacial score (nSPS) is 12.1. The zero-order valence-electron chi connectivity index (χ0n) is 10.7. The highest BCUT2D eigenvalue weighted by atomic mass is 16.5. The Bertz CT molecular complexity index is 756. The molecule has 0 saturated heterocycles. The van der Waals surface area contributed by atoms with Crippen molar-refractivity contribution >= 4 is 0 Å². The summed E-state index contributed by atoms with van der Waals surface area (Å²) in [5.41, 5.74) is 0.0593. The molecule has 7 heteroatoms. The maximum Gasteiger partial charge on any atom is 0.328 e. The van der Waals surface area contributed by atoms with Crippen LogP contribution in [0.1, 0.15) is 35.5 Å². The summed E-state index contributed by atoms with van der Waals surface area (Å²) in [5.74, 6) is 0.599. The number of nitrogens with zero attached hydrogens (tertiary/aromatic N) is 3. The summed E-state index contributed by atoms with van der Waals surface area (Å²) in [7, 11) is 0. The van der Waals surface area contributed by atoms with Crippen molar-refractivity contribution in [2.75, 3.05) is 0 Å². The third-order valence-electron chi connectivity index (χ3n) is 3.01. The SMILES string of the molecule is Cc1noc(C)c1C(C)n1cc(C#N)c(=O)[nH]c1=O. The fourth-order valence-electron chi connectivity index (χ4n) is 2.08. The molecule has 0 radical (unpaired) electrons. The van der Waals surface area contributed by atoms with E-state index in [0.717, 1.165) is 5.56 Å². The van der Waals surface area contributed by atoms with Crippen LogP contribution in [0.4, 0.5) is 0 Å². The van der Waals surface area contributed by atoms with Gasteiger partial charge in [-0.25, -0.2) is 4.79 Å². The fourth-order valence-corrected chi connectivity index (χ4v) is 2.08. The van der Waals surface area contributed by atoms with Crippen LogP contribution in [0.2, 0.25) is 0 Å². The summed E-state index contributed by atoms with van der Waals surface area (Å²) in [5, 5.41) is 12.7. The maximum absolute atomic E-state index is 11.8. The van der Waals surface area contributed by atoms with Gasteiger partial charge in [-0.15, -0.1) is 0 Å². The van der Waals surface area contributed by atoms with Crippen molar-refractivity contribution in [2.45, 2.75) is 26.8 Å². The van der Waals surface area contributed by atoms with E-state index in [1.54, 1.807) is 26.8 Å². The molecule has 19 heavy (non-hydrogen) atoms. The lowest BCUT2D eigenvalue weighted by Gasteiger charge is -2.14. The number of rotatable bonds is 2. The Labute approximate surface area is 108 Å². The second-order valence-electron chi connectivity index (χ2n) is 4.23. The number of aromatic amines is 1. The minimum absolute atomic E-state index is 0.113. The van der Waals surface area contributed by atoms with Crippen molar-refractivity contribution < 1.29 is 4.52 Å². The molecule has 0 aliphatic rings. The fraction of sp³-hybridized carbons (Fsp3) is 0.333. The van der Waals surface area contributed by atoms with E-state index in [9.17, 15) is 9.59 Å². The summed E-state index contributed by atoms with van der Waals surface area (Å²) in [6.07, 6.45) is 1.25.